The van der Waals surface area contributed by atoms with Crippen LogP contribution in [0.3, 0.4) is 0 Å². The van der Waals surface area contributed by atoms with Gasteiger partial charge in [0.2, 0.25) is 0 Å². The number of rotatable bonds is 6. The molecule has 326 valence electrons. The SMILES string of the molecule is Cc1ccccc1N(c1ccc2cc3c(cc2c1)oc1cc2c(cc13)oc1cc3cc(N(c4ccccc4C)c4cc(C(C)(C)C)ccc4C)ccc3cc12)c1cc(C(C)(C)C)ccc1C. The molecule has 9 aromatic carbocycles. The first-order valence-corrected chi connectivity index (χ1v) is 23.2. The number of aryl methyl sites for hydroxylation is 4. The van der Waals surface area contributed by atoms with Crippen LogP contribution >= 0.6 is 0 Å². The van der Waals surface area contributed by atoms with Crippen LogP contribution in [0.15, 0.2) is 167 Å². The van der Waals surface area contributed by atoms with Gasteiger partial charge in [-0.3, -0.25) is 0 Å². The van der Waals surface area contributed by atoms with Gasteiger partial charge in [0, 0.05) is 55.7 Å². The second kappa shape index (κ2) is 15.1. The van der Waals surface area contributed by atoms with Gasteiger partial charge in [0.25, 0.3) is 0 Å². The highest BCUT2D eigenvalue weighted by Gasteiger charge is 2.24. The summed E-state index contributed by atoms with van der Waals surface area (Å²) >= 11 is 0. The first-order chi connectivity index (χ1) is 31.6. The molecule has 0 spiro atoms. The van der Waals surface area contributed by atoms with Gasteiger partial charge < -0.3 is 18.6 Å². The minimum atomic E-state index is 0.0190. The van der Waals surface area contributed by atoms with E-state index in [0.717, 1.165) is 76.8 Å². The zero-order chi connectivity index (χ0) is 45.8. The van der Waals surface area contributed by atoms with E-state index < -0.39 is 0 Å². The second-order valence-corrected chi connectivity index (χ2v) is 20.6. The zero-order valence-corrected chi connectivity index (χ0v) is 39.7. The number of furan rings is 2. The van der Waals surface area contributed by atoms with Gasteiger partial charge in [-0.25, -0.2) is 0 Å². The van der Waals surface area contributed by atoms with Crippen LogP contribution in [0.5, 0.6) is 0 Å². The maximum atomic E-state index is 6.75. The summed E-state index contributed by atoms with van der Waals surface area (Å²) in [5.41, 5.74) is 17.9. The van der Waals surface area contributed by atoms with Crippen LogP contribution in [0.2, 0.25) is 0 Å². The first-order valence-electron chi connectivity index (χ1n) is 23.2. The van der Waals surface area contributed by atoms with Gasteiger partial charge in [0.1, 0.15) is 22.3 Å². The molecule has 11 rings (SSSR count). The van der Waals surface area contributed by atoms with Crippen LogP contribution < -0.4 is 9.80 Å². The number of benzene rings is 9. The lowest BCUT2D eigenvalue weighted by Crippen LogP contribution is -2.16. The van der Waals surface area contributed by atoms with Gasteiger partial charge in [-0.2, -0.15) is 0 Å². The summed E-state index contributed by atoms with van der Waals surface area (Å²) in [6, 6.07) is 58.0. The predicted octanol–water partition coefficient (Wildman–Crippen LogP) is 18.6. The third-order valence-corrected chi connectivity index (χ3v) is 13.8. The summed E-state index contributed by atoms with van der Waals surface area (Å²) in [6.45, 7) is 22.5. The van der Waals surface area contributed by atoms with E-state index in [9.17, 15) is 0 Å². The summed E-state index contributed by atoms with van der Waals surface area (Å²) < 4.78 is 13.5. The quantitative estimate of drug-likeness (QED) is 0.167. The summed E-state index contributed by atoms with van der Waals surface area (Å²) in [6.07, 6.45) is 0. The Balaban J connectivity index is 1.01. The van der Waals surface area contributed by atoms with Crippen LogP contribution in [-0.2, 0) is 10.8 Å². The monoisotopic (exact) mass is 860 g/mol. The number of hydrogen-bond acceptors (Lipinski definition) is 4. The molecule has 4 nitrogen and oxygen atoms in total. The minimum absolute atomic E-state index is 0.0190. The number of anilines is 6. The Hall–Kier alpha value is -7.30. The van der Waals surface area contributed by atoms with Gasteiger partial charge in [-0.1, -0.05) is 114 Å². The predicted molar refractivity (Wildman–Crippen MR) is 282 cm³/mol. The Kier molecular flexibility index (Phi) is 9.50. The molecular weight excluding hydrogens is 805 g/mol. The van der Waals surface area contributed by atoms with Gasteiger partial charge in [0.15, 0.2) is 0 Å². The van der Waals surface area contributed by atoms with E-state index in [2.05, 4.69) is 237 Å². The lowest BCUT2D eigenvalue weighted by molar-refractivity contribution is 0.590. The number of para-hydroxylation sites is 2. The van der Waals surface area contributed by atoms with E-state index in [4.69, 9.17) is 8.83 Å². The molecule has 0 N–H and O–H groups in total. The van der Waals surface area contributed by atoms with E-state index in [1.54, 1.807) is 0 Å². The number of fused-ring (bicyclic) bond motifs is 8. The van der Waals surface area contributed by atoms with Crippen LogP contribution in [0, 0.1) is 27.7 Å². The molecule has 4 heteroatoms. The Bertz CT molecular complexity index is 3490. The van der Waals surface area contributed by atoms with Crippen molar-refractivity contribution in [2.24, 2.45) is 0 Å². The highest BCUT2D eigenvalue weighted by atomic mass is 16.3. The average Bonchev–Trinajstić information content (AvgIpc) is 3.81. The third kappa shape index (κ3) is 6.98. The molecule has 0 aliphatic heterocycles. The van der Waals surface area contributed by atoms with E-state index in [0.29, 0.717) is 0 Å². The molecule has 0 fully saturated rings. The van der Waals surface area contributed by atoms with Crippen molar-refractivity contribution in [3.8, 4) is 0 Å². The Morgan fingerprint density at radius 2 is 0.682 bits per heavy atom. The van der Waals surface area contributed by atoms with Crippen LogP contribution in [0.4, 0.5) is 34.1 Å². The standard InChI is InChI=1S/C62H56N2O2/c1-37-15-11-13-17-53(37)63(55-33-45(61(5,6)7)23-19-39(55)3)47-25-21-41-29-49-51-35-60-52(36-59(51)65-57(49)31-43(41)27-47)50-30-42-22-26-48(28-44(42)32-58(50)66-60)64(54-18-14-12-16-38(54)2)56-34-46(62(8,9)10)24-20-40(56)4/h11-36H,1-10H3. The van der Waals surface area contributed by atoms with Crippen molar-refractivity contribution in [1.29, 1.82) is 0 Å². The number of hydrogen-bond donors (Lipinski definition) is 0. The zero-order valence-electron chi connectivity index (χ0n) is 39.7. The number of nitrogens with zero attached hydrogens (tertiary/aromatic N) is 2. The summed E-state index contributed by atoms with van der Waals surface area (Å²) in [4.78, 5) is 4.83. The Morgan fingerprint density at radius 1 is 0.318 bits per heavy atom. The minimum Gasteiger partial charge on any atom is -0.456 e. The molecular formula is C62H56N2O2. The van der Waals surface area contributed by atoms with E-state index in [1.165, 1.54) is 56.1 Å². The molecule has 0 aliphatic rings. The largest absolute Gasteiger partial charge is 0.456 e. The molecule has 0 saturated heterocycles. The second-order valence-electron chi connectivity index (χ2n) is 20.6. The molecule has 66 heavy (non-hydrogen) atoms. The lowest BCUT2D eigenvalue weighted by Gasteiger charge is -2.30. The fourth-order valence-corrected chi connectivity index (χ4v) is 9.86. The van der Waals surface area contributed by atoms with Gasteiger partial charge >= 0.3 is 0 Å². The fraction of sp³-hybridized carbons (Fsp3) is 0.194. The van der Waals surface area contributed by atoms with Crippen molar-refractivity contribution < 1.29 is 8.83 Å². The molecule has 0 radical (unpaired) electrons. The van der Waals surface area contributed by atoms with Crippen molar-refractivity contribution in [2.45, 2.75) is 80.1 Å². The van der Waals surface area contributed by atoms with Gasteiger partial charge in [0.05, 0.1) is 0 Å². The average molecular weight is 861 g/mol. The van der Waals surface area contributed by atoms with E-state index in [1.807, 2.05) is 0 Å². The Morgan fingerprint density at radius 3 is 1.08 bits per heavy atom. The normalized spacial score (nSPS) is 12.4. The maximum absolute atomic E-state index is 6.75. The molecule has 0 bridgehead atoms. The van der Waals surface area contributed by atoms with Crippen molar-refractivity contribution in [3.05, 3.63) is 191 Å². The smallest absolute Gasteiger partial charge is 0.136 e. The molecule has 0 atom stereocenters. The summed E-state index contributed by atoms with van der Waals surface area (Å²) in [5, 5.41) is 8.82. The van der Waals surface area contributed by atoms with Crippen LogP contribution in [0.1, 0.15) is 74.9 Å². The van der Waals surface area contributed by atoms with Crippen molar-refractivity contribution >= 4 is 99.5 Å². The third-order valence-electron chi connectivity index (χ3n) is 13.8. The van der Waals surface area contributed by atoms with Crippen molar-refractivity contribution in [1.82, 2.24) is 0 Å². The van der Waals surface area contributed by atoms with Crippen molar-refractivity contribution in [3.63, 3.8) is 0 Å². The first kappa shape index (κ1) is 41.4. The highest BCUT2D eigenvalue weighted by molar-refractivity contribution is 6.18. The molecule has 0 unspecified atom stereocenters. The topological polar surface area (TPSA) is 32.8 Å². The molecule has 0 saturated carbocycles. The summed E-state index contributed by atoms with van der Waals surface area (Å²) in [5.74, 6) is 0. The highest BCUT2D eigenvalue weighted by Crippen LogP contribution is 2.45. The molecule has 0 aliphatic carbocycles. The van der Waals surface area contributed by atoms with Crippen molar-refractivity contribution in [2.75, 3.05) is 9.80 Å². The summed E-state index contributed by atoms with van der Waals surface area (Å²) in [7, 11) is 0. The maximum Gasteiger partial charge on any atom is 0.136 e. The molecule has 2 aromatic heterocycles. The van der Waals surface area contributed by atoms with Gasteiger partial charge in [-0.15, -0.1) is 0 Å². The molecule has 11 aromatic rings. The molecule has 2 heterocycles. The van der Waals surface area contributed by atoms with E-state index in [-0.39, 0.29) is 10.8 Å². The fourth-order valence-electron chi connectivity index (χ4n) is 9.86. The lowest BCUT2D eigenvalue weighted by atomic mass is 9.86. The Labute approximate surface area is 387 Å². The van der Waals surface area contributed by atoms with Crippen LogP contribution in [-0.4, -0.2) is 0 Å². The van der Waals surface area contributed by atoms with Gasteiger partial charge in [-0.05, 0) is 178 Å². The van der Waals surface area contributed by atoms with E-state index >= 15 is 0 Å². The van der Waals surface area contributed by atoms with Crippen LogP contribution in [0.25, 0.3) is 65.4 Å². The molecule has 0 amide bonds.